The molecule has 1 fully saturated rings. The van der Waals surface area contributed by atoms with E-state index in [1.54, 1.807) is 12.1 Å². The van der Waals surface area contributed by atoms with Crippen molar-refractivity contribution in [2.24, 2.45) is 0 Å². The molecule has 1 heterocycles. The third kappa shape index (κ3) is 5.89. The molecule has 0 aromatic heterocycles. The van der Waals surface area contributed by atoms with E-state index in [1.165, 1.54) is 30.4 Å². The molecule has 1 saturated heterocycles. The van der Waals surface area contributed by atoms with Crippen LogP contribution < -0.4 is 5.32 Å². The van der Waals surface area contributed by atoms with E-state index in [-0.39, 0.29) is 24.0 Å². The summed E-state index contributed by atoms with van der Waals surface area (Å²) in [6.45, 7) is 2.10. The largest absolute Gasteiger partial charge is 0.351 e. The van der Waals surface area contributed by atoms with Crippen molar-refractivity contribution in [2.75, 3.05) is 13.1 Å². The van der Waals surface area contributed by atoms with Crippen LogP contribution in [0, 0.1) is 17.0 Å². The molecule has 31 heavy (non-hydrogen) atoms. The molecule has 3 rings (SSSR count). The van der Waals surface area contributed by atoms with Crippen molar-refractivity contribution in [3.8, 4) is 0 Å². The van der Waals surface area contributed by atoms with Crippen LogP contribution in [0.15, 0.2) is 59.5 Å². The lowest BCUT2D eigenvalue weighted by molar-refractivity contribution is -0.384. The summed E-state index contributed by atoms with van der Waals surface area (Å²) >= 11 is 0.868. The molecule has 2 aromatic rings. The quantitative estimate of drug-likeness (QED) is 0.401. The van der Waals surface area contributed by atoms with Gasteiger partial charge in [0.25, 0.3) is 16.8 Å². The summed E-state index contributed by atoms with van der Waals surface area (Å²) in [5, 5.41) is 13.0. The Morgan fingerprint density at radius 1 is 1.16 bits per heavy atom. The van der Waals surface area contributed by atoms with Crippen LogP contribution in [0.1, 0.15) is 16.7 Å². The van der Waals surface area contributed by atoms with Crippen LogP contribution in [0.3, 0.4) is 0 Å². The summed E-state index contributed by atoms with van der Waals surface area (Å²) in [6.07, 6.45) is 4.36. The standard InChI is InChI=1S/C22H19N3O5S/c1-15-5-7-17(8-6-15)14-19-21(27)24(22(28)31-19)12-11-23-20(26)10-9-16-3-2-4-18(13-16)25(29)30/h2-10,13-14H,11-12H2,1H3,(H,23,26)/b10-9+,19-14-. The molecule has 0 saturated carbocycles. The highest BCUT2D eigenvalue weighted by Gasteiger charge is 2.34. The zero-order valence-electron chi connectivity index (χ0n) is 16.6. The number of nitrogens with one attached hydrogen (secondary N) is 1. The molecule has 0 atom stereocenters. The van der Waals surface area contributed by atoms with Gasteiger partial charge in [-0.2, -0.15) is 0 Å². The first-order valence-electron chi connectivity index (χ1n) is 9.36. The van der Waals surface area contributed by atoms with Gasteiger partial charge in [0, 0.05) is 31.3 Å². The smallest absolute Gasteiger partial charge is 0.293 e. The minimum absolute atomic E-state index is 0.0479. The second kappa shape index (κ2) is 9.86. The molecule has 0 unspecified atom stereocenters. The first-order valence-corrected chi connectivity index (χ1v) is 10.2. The fourth-order valence-electron chi connectivity index (χ4n) is 2.77. The fourth-order valence-corrected chi connectivity index (χ4v) is 3.64. The number of nitrogens with zero attached hydrogens (tertiary/aromatic N) is 2. The number of carbonyl (C=O) groups excluding carboxylic acids is 3. The van der Waals surface area contributed by atoms with E-state index in [4.69, 9.17) is 0 Å². The van der Waals surface area contributed by atoms with Crippen molar-refractivity contribution in [2.45, 2.75) is 6.92 Å². The number of non-ortho nitro benzene ring substituents is 1. The van der Waals surface area contributed by atoms with Gasteiger partial charge in [-0.3, -0.25) is 29.4 Å². The summed E-state index contributed by atoms with van der Waals surface area (Å²) < 4.78 is 0. The van der Waals surface area contributed by atoms with Gasteiger partial charge in [-0.05, 0) is 42.0 Å². The van der Waals surface area contributed by atoms with Gasteiger partial charge in [0.15, 0.2) is 0 Å². The summed E-state index contributed by atoms with van der Waals surface area (Å²) in [5.41, 5.74) is 2.37. The third-order valence-corrected chi connectivity index (χ3v) is 5.30. The van der Waals surface area contributed by atoms with Gasteiger partial charge in [-0.15, -0.1) is 0 Å². The van der Waals surface area contributed by atoms with Crippen LogP contribution in [-0.4, -0.2) is 40.0 Å². The van der Waals surface area contributed by atoms with E-state index >= 15 is 0 Å². The number of amides is 3. The average molecular weight is 437 g/mol. The number of thioether (sulfide) groups is 1. The van der Waals surface area contributed by atoms with E-state index in [2.05, 4.69) is 5.32 Å². The van der Waals surface area contributed by atoms with Crippen LogP contribution in [0.25, 0.3) is 12.2 Å². The van der Waals surface area contributed by atoms with Crippen molar-refractivity contribution >= 4 is 46.7 Å². The highest BCUT2D eigenvalue weighted by molar-refractivity contribution is 8.18. The molecular weight excluding hydrogens is 418 g/mol. The monoisotopic (exact) mass is 437 g/mol. The topological polar surface area (TPSA) is 110 Å². The van der Waals surface area contributed by atoms with E-state index in [9.17, 15) is 24.5 Å². The molecule has 1 N–H and O–H groups in total. The highest BCUT2D eigenvalue weighted by atomic mass is 32.2. The third-order valence-electron chi connectivity index (χ3n) is 4.39. The lowest BCUT2D eigenvalue weighted by Crippen LogP contribution is -2.36. The lowest BCUT2D eigenvalue weighted by atomic mass is 10.1. The van der Waals surface area contributed by atoms with E-state index < -0.39 is 16.7 Å². The van der Waals surface area contributed by atoms with Gasteiger partial charge in [0.05, 0.1) is 9.83 Å². The number of nitro benzene ring substituents is 1. The van der Waals surface area contributed by atoms with Gasteiger partial charge in [0.1, 0.15) is 0 Å². The Balaban J connectivity index is 1.53. The second-order valence-corrected chi connectivity index (χ2v) is 7.71. The summed E-state index contributed by atoms with van der Waals surface area (Å²) in [5.74, 6) is -0.828. The van der Waals surface area contributed by atoms with Crippen LogP contribution in [-0.2, 0) is 9.59 Å². The van der Waals surface area contributed by atoms with Gasteiger partial charge in [-0.25, -0.2) is 0 Å². The lowest BCUT2D eigenvalue weighted by Gasteiger charge is -2.12. The van der Waals surface area contributed by atoms with Crippen molar-refractivity contribution < 1.29 is 19.3 Å². The molecule has 2 aromatic carbocycles. The predicted molar refractivity (Wildman–Crippen MR) is 119 cm³/mol. The van der Waals surface area contributed by atoms with Gasteiger partial charge in [-0.1, -0.05) is 42.0 Å². The zero-order valence-corrected chi connectivity index (χ0v) is 17.4. The molecular formula is C22H19N3O5S. The number of nitro groups is 1. The van der Waals surface area contributed by atoms with Gasteiger partial charge < -0.3 is 5.32 Å². The maximum atomic E-state index is 12.5. The van der Waals surface area contributed by atoms with Crippen molar-refractivity contribution in [3.63, 3.8) is 0 Å². The van der Waals surface area contributed by atoms with E-state index in [1.807, 2.05) is 31.2 Å². The predicted octanol–water partition coefficient (Wildman–Crippen LogP) is 3.77. The molecule has 0 aliphatic carbocycles. The van der Waals surface area contributed by atoms with Crippen molar-refractivity contribution in [1.82, 2.24) is 10.2 Å². The Labute approximate surface area is 182 Å². The molecule has 0 bridgehead atoms. The van der Waals surface area contributed by atoms with Crippen LogP contribution in [0.4, 0.5) is 10.5 Å². The number of hydrogen-bond acceptors (Lipinski definition) is 6. The van der Waals surface area contributed by atoms with Gasteiger partial charge in [0.2, 0.25) is 5.91 Å². The Morgan fingerprint density at radius 2 is 1.90 bits per heavy atom. The molecule has 1 aliphatic rings. The van der Waals surface area contributed by atoms with Crippen LogP contribution in [0.5, 0.6) is 0 Å². The minimum atomic E-state index is -0.513. The Hall–Kier alpha value is -3.72. The van der Waals surface area contributed by atoms with Crippen LogP contribution in [0.2, 0.25) is 0 Å². The molecule has 9 heteroatoms. The number of rotatable bonds is 7. The van der Waals surface area contributed by atoms with Crippen molar-refractivity contribution in [3.05, 3.63) is 86.3 Å². The summed E-state index contributed by atoms with van der Waals surface area (Å²) in [6, 6.07) is 13.5. The number of hydrogen-bond donors (Lipinski definition) is 1. The summed E-state index contributed by atoms with van der Waals surface area (Å²) in [7, 11) is 0. The Bertz CT molecular complexity index is 1090. The van der Waals surface area contributed by atoms with Gasteiger partial charge >= 0.3 is 0 Å². The van der Waals surface area contributed by atoms with Crippen LogP contribution >= 0.6 is 11.8 Å². The molecule has 158 valence electrons. The van der Waals surface area contributed by atoms with E-state index in [0.29, 0.717) is 10.5 Å². The number of imide groups is 1. The molecule has 1 aliphatic heterocycles. The molecule has 8 nitrogen and oxygen atoms in total. The Kier molecular flexibility index (Phi) is 6.99. The summed E-state index contributed by atoms with van der Waals surface area (Å²) in [4.78, 5) is 48.3. The molecule has 3 amide bonds. The highest BCUT2D eigenvalue weighted by Crippen LogP contribution is 2.31. The Morgan fingerprint density at radius 3 is 2.61 bits per heavy atom. The average Bonchev–Trinajstić information content (AvgIpc) is 3.01. The first-order chi connectivity index (χ1) is 14.8. The second-order valence-electron chi connectivity index (χ2n) is 6.72. The van der Waals surface area contributed by atoms with E-state index in [0.717, 1.165) is 27.8 Å². The first kappa shape index (κ1) is 22.0. The van der Waals surface area contributed by atoms with Crippen molar-refractivity contribution in [1.29, 1.82) is 0 Å². The minimum Gasteiger partial charge on any atom is -0.351 e. The fraction of sp³-hybridized carbons (Fsp3) is 0.136. The number of aryl methyl sites for hydroxylation is 1. The molecule has 0 radical (unpaired) electrons. The maximum absolute atomic E-state index is 12.5. The maximum Gasteiger partial charge on any atom is 0.293 e. The normalized spacial score (nSPS) is 15.1. The zero-order chi connectivity index (χ0) is 22.4. The molecule has 0 spiro atoms. The number of carbonyl (C=O) groups is 3. The SMILES string of the molecule is Cc1ccc(/C=C2\SC(=O)N(CCNC(=O)/C=C/c3cccc([N+](=O)[O-])c3)C2=O)cc1. The number of benzene rings is 2.